The maximum atomic E-state index is 12.0. The molecule has 0 spiro atoms. The van der Waals surface area contributed by atoms with Crippen molar-refractivity contribution in [3.05, 3.63) is 24.3 Å². The van der Waals surface area contributed by atoms with E-state index in [4.69, 9.17) is 9.47 Å². The molecule has 2 rings (SSSR count). The monoisotopic (exact) mass is 380 g/mol. The Kier molecular flexibility index (Phi) is 8.83. The summed E-state index contributed by atoms with van der Waals surface area (Å²) in [5.74, 6) is -0.0441. The summed E-state index contributed by atoms with van der Waals surface area (Å²) in [4.78, 5) is 24.1. The molecule has 0 aliphatic heterocycles. The molecular weight excluding hydrogens is 348 g/mol. The third-order valence-corrected chi connectivity index (χ3v) is 5.66. The van der Waals surface area contributed by atoms with E-state index in [9.17, 15) is 19.8 Å². The van der Waals surface area contributed by atoms with Crippen LogP contribution in [-0.2, 0) is 19.1 Å². The Labute approximate surface area is 161 Å². The van der Waals surface area contributed by atoms with Gasteiger partial charge in [-0.15, -0.1) is 0 Å². The molecule has 0 aromatic carbocycles. The molecule has 0 bridgehead atoms. The number of allylic oxidation sites excluding steroid dienone is 4. The second kappa shape index (κ2) is 10.9. The second-order valence-corrected chi connectivity index (χ2v) is 7.66. The number of carbonyl (C=O) groups is 2. The van der Waals surface area contributed by atoms with Gasteiger partial charge in [-0.25, -0.2) is 0 Å². The summed E-state index contributed by atoms with van der Waals surface area (Å²) in [5, 5.41) is 19.6. The van der Waals surface area contributed by atoms with Crippen LogP contribution in [0.4, 0.5) is 0 Å². The number of aliphatic hydroxyl groups is 2. The highest BCUT2D eigenvalue weighted by Crippen LogP contribution is 2.28. The molecule has 2 saturated carbocycles. The van der Waals surface area contributed by atoms with E-state index in [1.807, 2.05) is 12.2 Å². The van der Waals surface area contributed by atoms with Gasteiger partial charge >= 0.3 is 0 Å². The van der Waals surface area contributed by atoms with Crippen LogP contribution >= 0.6 is 0 Å². The molecule has 6 atom stereocenters. The minimum Gasteiger partial charge on any atom is -0.390 e. The van der Waals surface area contributed by atoms with Crippen LogP contribution in [0.2, 0.25) is 0 Å². The Morgan fingerprint density at radius 2 is 1.22 bits per heavy atom. The van der Waals surface area contributed by atoms with E-state index >= 15 is 0 Å². The van der Waals surface area contributed by atoms with E-state index in [0.29, 0.717) is 25.7 Å². The van der Waals surface area contributed by atoms with E-state index in [0.717, 1.165) is 12.8 Å². The number of ketones is 2. The molecule has 0 aromatic rings. The second-order valence-electron chi connectivity index (χ2n) is 7.66. The fourth-order valence-corrected chi connectivity index (χ4v) is 3.92. The molecule has 0 heterocycles. The fourth-order valence-electron chi connectivity index (χ4n) is 3.92. The molecule has 2 N–H and O–H groups in total. The third-order valence-electron chi connectivity index (χ3n) is 5.66. The topological polar surface area (TPSA) is 93.1 Å². The smallest absolute Gasteiger partial charge is 0.163 e. The number of ether oxygens (including phenoxy) is 2. The zero-order chi connectivity index (χ0) is 19.8. The van der Waals surface area contributed by atoms with Crippen molar-refractivity contribution in [1.82, 2.24) is 0 Å². The molecule has 0 aromatic heterocycles. The number of hydrogen-bond donors (Lipinski definition) is 2. The van der Waals surface area contributed by atoms with E-state index in [1.54, 1.807) is 14.2 Å². The minimum absolute atomic E-state index is 0.140. The largest absolute Gasteiger partial charge is 0.390 e. The van der Waals surface area contributed by atoms with Crippen LogP contribution in [0.3, 0.4) is 0 Å². The summed E-state index contributed by atoms with van der Waals surface area (Å²) in [7, 11) is 3.16. The van der Waals surface area contributed by atoms with Gasteiger partial charge in [0.15, 0.2) is 11.6 Å². The van der Waals surface area contributed by atoms with Crippen molar-refractivity contribution < 1.29 is 29.3 Å². The average molecular weight is 380 g/mol. The molecule has 27 heavy (non-hydrogen) atoms. The predicted octanol–water partition coefficient (Wildman–Crippen LogP) is 1.98. The quantitative estimate of drug-likeness (QED) is 0.494. The Hall–Kier alpha value is -1.34. The highest BCUT2D eigenvalue weighted by Gasteiger charge is 2.28. The standard InChI is InChI=1S/C21H32O6/c1-26-20-11-14(5-9-18(20)24)3-7-16(22)13-17(23)8-4-15-6-10-19(25)21(12-15)27-2/h3-4,7-8,14-15,18-21,24-25H,5-6,9-13H2,1-2H3/b7-3+,8-4+. The van der Waals surface area contributed by atoms with Crippen LogP contribution < -0.4 is 0 Å². The lowest BCUT2D eigenvalue weighted by atomic mass is 9.84. The maximum absolute atomic E-state index is 12.0. The molecule has 6 nitrogen and oxygen atoms in total. The number of hydrogen-bond acceptors (Lipinski definition) is 6. The highest BCUT2D eigenvalue weighted by atomic mass is 16.5. The third kappa shape index (κ3) is 6.96. The van der Waals surface area contributed by atoms with Gasteiger partial charge in [-0.1, -0.05) is 12.2 Å². The Bertz CT molecular complexity index is 507. The van der Waals surface area contributed by atoms with E-state index in [2.05, 4.69) is 0 Å². The van der Waals surface area contributed by atoms with Gasteiger partial charge in [-0.2, -0.15) is 0 Å². The minimum atomic E-state index is -0.444. The summed E-state index contributed by atoms with van der Waals surface area (Å²) >= 11 is 0. The number of aliphatic hydroxyl groups excluding tert-OH is 2. The molecule has 6 heteroatoms. The first-order valence-electron chi connectivity index (χ1n) is 9.76. The SMILES string of the molecule is COC1CC(/C=C/C(=O)CC(=O)/C=C/C2CCC(O)C(OC)C2)CCC1O. The molecule has 152 valence electrons. The predicted molar refractivity (Wildman–Crippen MR) is 101 cm³/mol. The molecule has 0 amide bonds. The highest BCUT2D eigenvalue weighted by molar-refractivity contribution is 6.08. The van der Waals surface area contributed by atoms with Crippen molar-refractivity contribution in [3.63, 3.8) is 0 Å². The summed E-state index contributed by atoms with van der Waals surface area (Å²) in [5.41, 5.74) is 0. The van der Waals surface area contributed by atoms with Crippen LogP contribution in [0.1, 0.15) is 44.9 Å². The van der Waals surface area contributed by atoms with E-state index in [-0.39, 0.29) is 42.0 Å². The van der Waals surface area contributed by atoms with Crippen molar-refractivity contribution in [2.24, 2.45) is 11.8 Å². The fraction of sp³-hybridized carbons (Fsp3) is 0.714. The maximum Gasteiger partial charge on any atom is 0.163 e. The van der Waals surface area contributed by atoms with Crippen molar-refractivity contribution in [3.8, 4) is 0 Å². The van der Waals surface area contributed by atoms with Gasteiger partial charge in [0.1, 0.15) is 0 Å². The zero-order valence-electron chi connectivity index (χ0n) is 16.3. The van der Waals surface area contributed by atoms with Crippen molar-refractivity contribution in [2.45, 2.75) is 69.4 Å². The molecular formula is C21H32O6. The Balaban J connectivity index is 1.76. The first kappa shape index (κ1) is 22.0. The van der Waals surface area contributed by atoms with Crippen molar-refractivity contribution in [2.75, 3.05) is 14.2 Å². The first-order chi connectivity index (χ1) is 12.9. The van der Waals surface area contributed by atoms with Gasteiger partial charge < -0.3 is 19.7 Å². The van der Waals surface area contributed by atoms with Gasteiger partial charge in [0.2, 0.25) is 0 Å². The van der Waals surface area contributed by atoms with Gasteiger partial charge in [-0.05, 0) is 62.5 Å². The summed E-state index contributed by atoms with van der Waals surface area (Å²) in [6.07, 6.45) is 9.52. The molecule has 2 aliphatic carbocycles. The van der Waals surface area contributed by atoms with Gasteiger partial charge in [-0.3, -0.25) is 9.59 Å². The molecule has 2 fully saturated rings. The van der Waals surface area contributed by atoms with E-state index < -0.39 is 12.2 Å². The number of carbonyl (C=O) groups excluding carboxylic acids is 2. The van der Waals surface area contributed by atoms with Crippen LogP contribution in [-0.4, -0.2) is 60.4 Å². The van der Waals surface area contributed by atoms with Crippen LogP contribution in [0.25, 0.3) is 0 Å². The number of rotatable bonds is 8. The van der Waals surface area contributed by atoms with Crippen molar-refractivity contribution in [1.29, 1.82) is 0 Å². The first-order valence-corrected chi connectivity index (χ1v) is 9.76. The van der Waals surface area contributed by atoms with Gasteiger partial charge in [0.05, 0.1) is 30.8 Å². The Morgan fingerprint density at radius 1 is 0.815 bits per heavy atom. The summed E-state index contributed by atoms with van der Waals surface area (Å²) in [6, 6.07) is 0. The summed E-state index contributed by atoms with van der Waals surface area (Å²) < 4.78 is 10.5. The molecule has 2 aliphatic rings. The Morgan fingerprint density at radius 3 is 1.59 bits per heavy atom. The lowest BCUT2D eigenvalue weighted by Crippen LogP contribution is -2.34. The summed E-state index contributed by atoms with van der Waals surface area (Å²) in [6.45, 7) is 0. The zero-order valence-corrected chi connectivity index (χ0v) is 16.3. The lowest BCUT2D eigenvalue weighted by molar-refractivity contribution is -0.122. The molecule has 0 radical (unpaired) electrons. The van der Waals surface area contributed by atoms with Gasteiger partial charge in [0.25, 0.3) is 0 Å². The molecule has 0 saturated heterocycles. The van der Waals surface area contributed by atoms with Crippen LogP contribution in [0.5, 0.6) is 0 Å². The molecule has 6 unspecified atom stereocenters. The van der Waals surface area contributed by atoms with Crippen LogP contribution in [0, 0.1) is 11.8 Å². The van der Waals surface area contributed by atoms with E-state index in [1.165, 1.54) is 12.2 Å². The normalized spacial score (nSPS) is 35.0. The average Bonchev–Trinajstić information content (AvgIpc) is 2.66. The van der Waals surface area contributed by atoms with Gasteiger partial charge in [0, 0.05) is 14.2 Å². The van der Waals surface area contributed by atoms with Crippen molar-refractivity contribution >= 4 is 11.6 Å². The lowest BCUT2D eigenvalue weighted by Gasteiger charge is -2.30. The van der Waals surface area contributed by atoms with Crippen LogP contribution in [0.15, 0.2) is 24.3 Å². The number of methoxy groups -OCH3 is 2.